The fourth-order valence-corrected chi connectivity index (χ4v) is 2.26. The summed E-state index contributed by atoms with van der Waals surface area (Å²) >= 11 is 3.29. The van der Waals surface area contributed by atoms with Crippen LogP contribution >= 0.6 is 15.9 Å². The normalized spacial score (nSPS) is 12.3. The lowest BCUT2D eigenvalue weighted by molar-refractivity contribution is 0.407. The number of halogens is 4. The highest BCUT2D eigenvalue weighted by Gasteiger charge is 2.19. The zero-order valence-electron chi connectivity index (χ0n) is 10.5. The van der Waals surface area contributed by atoms with Gasteiger partial charge in [-0.3, -0.25) is 0 Å². The number of hydrogen-bond acceptors (Lipinski definition) is 2. The van der Waals surface area contributed by atoms with Crippen LogP contribution in [0.25, 0.3) is 0 Å². The molecule has 0 fully saturated rings. The average Bonchev–Trinajstić information content (AvgIpc) is 2.43. The molecule has 6 heteroatoms. The Labute approximate surface area is 122 Å². The van der Waals surface area contributed by atoms with Crippen molar-refractivity contribution in [2.45, 2.75) is 6.04 Å². The van der Waals surface area contributed by atoms with Gasteiger partial charge in [-0.1, -0.05) is 15.9 Å². The van der Waals surface area contributed by atoms with E-state index >= 15 is 0 Å². The first-order valence-electron chi connectivity index (χ1n) is 5.67. The maximum atomic E-state index is 13.3. The highest BCUT2D eigenvalue weighted by atomic mass is 79.9. The van der Waals surface area contributed by atoms with Gasteiger partial charge in [-0.05, 0) is 35.9 Å². The van der Waals surface area contributed by atoms with E-state index in [1.165, 1.54) is 7.11 Å². The third-order valence-electron chi connectivity index (χ3n) is 2.89. The third kappa shape index (κ3) is 2.81. The first-order chi connectivity index (χ1) is 9.43. The highest BCUT2D eigenvalue weighted by Crippen LogP contribution is 2.31. The van der Waals surface area contributed by atoms with Gasteiger partial charge in [-0.2, -0.15) is 0 Å². The summed E-state index contributed by atoms with van der Waals surface area (Å²) in [7, 11) is 1.46. The van der Waals surface area contributed by atoms with Crippen LogP contribution in [-0.2, 0) is 0 Å². The number of ether oxygens (including phenoxy) is 1. The van der Waals surface area contributed by atoms with Crippen LogP contribution < -0.4 is 10.5 Å². The minimum absolute atomic E-state index is 0.123. The lowest BCUT2D eigenvalue weighted by Crippen LogP contribution is -2.14. The molecule has 0 aliphatic heterocycles. The van der Waals surface area contributed by atoms with Crippen molar-refractivity contribution >= 4 is 15.9 Å². The molecule has 0 aliphatic rings. The molecule has 2 aromatic rings. The largest absolute Gasteiger partial charge is 0.496 e. The van der Waals surface area contributed by atoms with Crippen LogP contribution in [0.3, 0.4) is 0 Å². The molecular weight excluding hydrogens is 335 g/mol. The van der Waals surface area contributed by atoms with Gasteiger partial charge in [-0.15, -0.1) is 0 Å². The number of rotatable bonds is 3. The van der Waals surface area contributed by atoms with Crippen LogP contribution in [0.1, 0.15) is 17.2 Å². The Morgan fingerprint density at radius 2 is 1.70 bits per heavy atom. The van der Waals surface area contributed by atoms with E-state index in [4.69, 9.17) is 10.5 Å². The van der Waals surface area contributed by atoms with Crippen LogP contribution in [0.15, 0.2) is 34.8 Å². The van der Waals surface area contributed by atoms with Gasteiger partial charge in [0.2, 0.25) is 0 Å². The molecule has 0 saturated heterocycles. The topological polar surface area (TPSA) is 35.2 Å². The quantitative estimate of drug-likeness (QED) is 0.855. The van der Waals surface area contributed by atoms with Crippen LogP contribution in [0.4, 0.5) is 13.2 Å². The Morgan fingerprint density at radius 3 is 2.25 bits per heavy atom. The van der Waals surface area contributed by atoms with Crippen molar-refractivity contribution in [2.75, 3.05) is 7.11 Å². The summed E-state index contributed by atoms with van der Waals surface area (Å²) < 4.78 is 45.4. The summed E-state index contributed by atoms with van der Waals surface area (Å²) in [4.78, 5) is 0. The Kier molecular flexibility index (Phi) is 4.35. The molecule has 0 radical (unpaired) electrons. The van der Waals surface area contributed by atoms with Gasteiger partial charge >= 0.3 is 0 Å². The van der Waals surface area contributed by atoms with E-state index in [1.807, 2.05) is 0 Å². The smallest absolute Gasteiger partial charge is 0.194 e. The molecule has 0 aromatic heterocycles. The summed E-state index contributed by atoms with van der Waals surface area (Å²) in [6, 6.07) is 6.03. The molecule has 0 bridgehead atoms. The summed E-state index contributed by atoms with van der Waals surface area (Å²) in [5.41, 5.74) is 6.65. The van der Waals surface area contributed by atoms with E-state index in [2.05, 4.69) is 15.9 Å². The van der Waals surface area contributed by atoms with Crippen molar-refractivity contribution < 1.29 is 17.9 Å². The zero-order chi connectivity index (χ0) is 14.9. The molecule has 0 heterocycles. The number of methoxy groups -OCH3 is 1. The number of nitrogens with two attached hydrogens (primary N) is 1. The molecule has 0 amide bonds. The van der Waals surface area contributed by atoms with E-state index in [1.54, 1.807) is 18.2 Å². The number of benzene rings is 2. The Balaban J connectivity index is 2.51. The summed E-state index contributed by atoms with van der Waals surface area (Å²) in [6.07, 6.45) is 0. The van der Waals surface area contributed by atoms with Gasteiger partial charge < -0.3 is 10.5 Å². The van der Waals surface area contributed by atoms with Crippen molar-refractivity contribution in [1.29, 1.82) is 0 Å². The fraction of sp³-hybridized carbons (Fsp3) is 0.143. The van der Waals surface area contributed by atoms with E-state index < -0.39 is 23.5 Å². The number of hydrogen-bond donors (Lipinski definition) is 1. The van der Waals surface area contributed by atoms with Crippen molar-refractivity contribution in [1.82, 2.24) is 0 Å². The summed E-state index contributed by atoms with van der Waals surface area (Å²) in [5, 5.41) is 0. The Hall–Kier alpha value is -1.53. The van der Waals surface area contributed by atoms with Crippen LogP contribution in [0.5, 0.6) is 5.75 Å². The highest BCUT2D eigenvalue weighted by molar-refractivity contribution is 9.10. The second-order valence-electron chi connectivity index (χ2n) is 4.16. The molecule has 0 spiro atoms. The zero-order valence-corrected chi connectivity index (χ0v) is 12.0. The minimum Gasteiger partial charge on any atom is -0.496 e. The van der Waals surface area contributed by atoms with Crippen molar-refractivity contribution in [2.24, 2.45) is 5.73 Å². The van der Waals surface area contributed by atoms with E-state index in [0.29, 0.717) is 11.3 Å². The Bertz CT molecular complexity index is 625. The summed E-state index contributed by atoms with van der Waals surface area (Å²) in [5.74, 6) is -3.58. The van der Waals surface area contributed by atoms with Crippen LogP contribution in [0.2, 0.25) is 0 Å². The predicted molar refractivity (Wildman–Crippen MR) is 73.0 cm³/mol. The van der Waals surface area contributed by atoms with Gasteiger partial charge in [0.1, 0.15) is 5.75 Å². The molecule has 1 atom stereocenters. The van der Waals surface area contributed by atoms with Gasteiger partial charge in [-0.25, -0.2) is 13.2 Å². The molecule has 2 N–H and O–H groups in total. The second kappa shape index (κ2) is 5.85. The molecule has 2 nitrogen and oxygen atoms in total. The molecule has 2 rings (SSSR count). The molecule has 0 saturated carbocycles. The SMILES string of the molecule is COc1ccc(Br)cc1C(N)c1cc(F)c(F)c(F)c1. The van der Waals surface area contributed by atoms with Gasteiger partial charge in [0.25, 0.3) is 0 Å². The fourth-order valence-electron chi connectivity index (χ4n) is 1.88. The van der Waals surface area contributed by atoms with Crippen molar-refractivity contribution in [3.05, 3.63) is 63.4 Å². The third-order valence-corrected chi connectivity index (χ3v) is 3.39. The summed E-state index contributed by atoms with van der Waals surface area (Å²) in [6.45, 7) is 0. The average molecular weight is 346 g/mol. The van der Waals surface area contributed by atoms with Gasteiger partial charge in [0, 0.05) is 10.0 Å². The molecule has 106 valence electrons. The van der Waals surface area contributed by atoms with Crippen molar-refractivity contribution in [3.63, 3.8) is 0 Å². The molecule has 0 aliphatic carbocycles. The van der Waals surface area contributed by atoms with Crippen LogP contribution in [-0.4, -0.2) is 7.11 Å². The first-order valence-corrected chi connectivity index (χ1v) is 6.46. The predicted octanol–water partition coefficient (Wildman–Crippen LogP) is 3.92. The Morgan fingerprint density at radius 1 is 1.10 bits per heavy atom. The molecule has 20 heavy (non-hydrogen) atoms. The lowest BCUT2D eigenvalue weighted by Gasteiger charge is -2.17. The lowest BCUT2D eigenvalue weighted by atomic mass is 9.98. The van der Waals surface area contributed by atoms with E-state index in [-0.39, 0.29) is 5.56 Å². The molecule has 2 aromatic carbocycles. The standard InChI is InChI=1S/C14H11BrF3NO/c1-20-12-3-2-8(15)6-9(12)14(19)7-4-10(16)13(18)11(17)5-7/h2-6,14H,19H2,1H3. The molecular formula is C14H11BrF3NO. The second-order valence-corrected chi connectivity index (χ2v) is 5.08. The van der Waals surface area contributed by atoms with Crippen molar-refractivity contribution in [3.8, 4) is 5.75 Å². The van der Waals surface area contributed by atoms with Crippen LogP contribution in [0, 0.1) is 17.5 Å². The minimum atomic E-state index is -1.51. The van der Waals surface area contributed by atoms with E-state index in [0.717, 1.165) is 16.6 Å². The maximum Gasteiger partial charge on any atom is 0.194 e. The van der Waals surface area contributed by atoms with Gasteiger partial charge in [0.15, 0.2) is 17.5 Å². The first kappa shape index (κ1) is 14.9. The molecule has 1 unspecified atom stereocenters. The van der Waals surface area contributed by atoms with E-state index in [9.17, 15) is 13.2 Å². The van der Waals surface area contributed by atoms with Gasteiger partial charge in [0.05, 0.1) is 13.2 Å². The maximum absolute atomic E-state index is 13.3. The monoisotopic (exact) mass is 345 g/mol.